The van der Waals surface area contributed by atoms with Gasteiger partial charge in [0, 0.05) is 49.0 Å². The van der Waals surface area contributed by atoms with Crippen LogP contribution in [0.5, 0.6) is 11.5 Å². The van der Waals surface area contributed by atoms with Gasteiger partial charge in [-0.15, -0.1) is 0 Å². The standard InChI is InChI=1S/C38H36N2O2/c1-27(23-29-11-19-33(20-12-29)39(3)35-7-5-9-37(41)25-35)31-15-17-32(18-16-31)28(2)24-30-13-21-34(22-14-30)40(4)36-8-6-10-38(42)26-36/h5-26,41-42H,1-4H3. The highest BCUT2D eigenvalue weighted by atomic mass is 16.3. The fourth-order valence-electron chi connectivity index (χ4n) is 4.95. The van der Waals surface area contributed by atoms with Gasteiger partial charge in [0.15, 0.2) is 0 Å². The van der Waals surface area contributed by atoms with Crippen LogP contribution in [-0.4, -0.2) is 24.3 Å². The van der Waals surface area contributed by atoms with Crippen molar-refractivity contribution in [1.29, 1.82) is 0 Å². The molecular weight excluding hydrogens is 516 g/mol. The van der Waals surface area contributed by atoms with Crippen LogP contribution in [0.15, 0.2) is 121 Å². The summed E-state index contributed by atoms with van der Waals surface area (Å²) in [5.74, 6) is 0.520. The molecule has 5 aromatic rings. The Balaban J connectivity index is 1.24. The maximum absolute atomic E-state index is 9.79. The molecule has 0 aromatic heterocycles. The number of allylic oxidation sites excluding steroid dienone is 2. The average Bonchev–Trinajstić information content (AvgIpc) is 3.01. The quantitative estimate of drug-likeness (QED) is 0.188. The second-order valence-electron chi connectivity index (χ2n) is 10.6. The van der Waals surface area contributed by atoms with E-state index in [1.54, 1.807) is 24.3 Å². The predicted octanol–water partition coefficient (Wildman–Crippen LogP) is 9.75. The Bertz CT molecular complexity index is 1590. The highest BCUT2D eigenvalue weighted by molar-refractivity contribution is 5.84. The minimum Gasteiger partial charge on any atom is -0.508 e. The highest BCUT2D eigenvalue weighted by Crippen LogP contribution is 2.29. The van der Waals surface area contributed by atoms with Gasteiger partial charge in [0.1, 0.15) is 11.5 Å². The molecule has 0 saturated carbocycles. The number of hydrogen-bond acceptors (Lipinski definition) is 4. The van der Waals surface area contributed by atoms with Crippen molar-refractivity contribution < 1.29 is 10.2 Å². The van der Waals surface area contributed by atoms with Crippen LogP contribution in [0, 0.1) is 0 Å². The van der Waals surface area contributed by atoms with Crippen molar-refractivity contribution in [3.05, 3.63) is 144 Å². The summed E-state index contributed by atoms with van der Waals surface area (Å²) in [6.45, 7) is 4.28. The van der Waals surface area contributed by atoms with Crippen LogP contribution in [0.2, 0.25) is 0 Å². The molecule has 0 fully saturated rings. The van der Waals surface area contributed by atoms with Gasteiger partial charge >= 0.3 is 0 Å². The lowest BCUT2D eigenvalue weighted by atomic mass is 9.99. The van der Waals surface area contributed by atoms with E-state index in [0.717, 1.165) is 33.9 Å². The van der Waals surface area contributed by atoms with Gasteiger partial charge in [0.05, 0.1) is 0 Å². The summed E-state index contributed by atoms with van der Waals surface area (Å²) in [4.78, 5) is 4.11. The molecule has 0 heterocycles. The lowest BCUT2D eigenvalue weighted by molar-refractivity contribution is 0.475. The lowest BCUT2D eigenvalue weighted by Crippen LogP contribution is -2.08. The Hall–Kier alpha value is -5.22. The van der Waals surface area contributed by atoms with E-state index in [9.17, 15) is 10.2 Å². The fourth-order valence-corrected chi connectivity index (χ4v) is 4.95. The average molecular weight is 553 g/mol. The monoisotopic (exact) mass is 552 g/mol. The Morgan fingerprint density at radius 3 is 1.17 bits per heavy atom. The minimum atomic E-state index is 0.260. The third kappa shape index (κ3) is 6.73. The molecule has 0 bridgehead atoms. The number of benzene rings is 5. The molecule has 210 valence electrons. The van der Waals surface area contributed by atoms with Crippen molar-refractivity contribution >= 4 is 46.0 Å². The molecule has 0 radical (unpaired) electrons. The number of aromatic hydroxyl groups is 2. The van der Waals surface area contributed by atoms with Gasteiger partial charge in [-0.2, -0.15) is 0 Å². The molecular formula is C38H36N2O2. The van der Waals surface area contributed by atoms with E-state index in [1.165, 1.54) is 22.3 Å². The number of anilines is 4. The first-order valence-electron chi connectivity index (χ1n) is 14.0. The maximum Gasteiger partial charge on any atom is 0.117 e. The zero-order valence-electron chi connectivity index (χ0n) is 24.5. The molecule has 0 aliphatic carbocycles. The molecule has 0 spiro atoms. The largest absolute Gasteiger partial charge is 0.508 e. The van der Waals surface area contributed by atoms with E-state index in [-0.39, 0.29) is 11.5 Å². The Kier molecular flexibility index (Phi) is 8.44. The zero-order valence-corrected chi connectivity index (χ0v) is 24.5. The van der Waals surface area contributed by atoms with E-state index in [1.807, 2.05) is 38.4 Å². The summed E-state index contributed by atoms with van der Waals surface area (Å²) < 4.78 is 0. The molecule has 5 rings (SSSR count). The molecule has 5 aromatic carbocycles. The molecule has 0 atom stereocenters. The van der Waals surface area contributed by atoms with Crippen LogP contribution in [0.25, 0.3) is 23.3 Å². The fraction of sp³-hybridized carbons (Fsp3) is 0.105. The number of nitrogens with zero attached hydrogens (tertiary/aromatic N) is 2. The number of phenolic OH excluding ortho intramolecular Hbond substituents is 2. The van der Waals surface area contributed by atoms with Gasteiger partial charge < -0.3 is 20.0 Å². The highest BCUT2D eigenvalue weighted by Gasteiger charge is 2.07. The van der Waals surface area contributed by atoms with E-state index in [0.29, 0.717) is 0 Å². The third-order valence-electron chi connectivity index (χ3n) is 7.56. The Morgan fingerprint density at radius 1 is 0.476 bits per heavy atom. The maximum atomic E-state index is 9.79. The van der Waals surface area contributed by atoms with Gasteiger partial charge in [-0.1, -0.05) is 72.8 Å². The van der Waals surface area contributed by atoms with Crippen LogP contribution in [0.3, 0.4) is 0 Å². The van der Waals surface area contributed by atoms with Crippen LogP contribution in [0.4, 0.5) is 22.7 Å². The summed E-state index contributed by atoms with van der Waals surface area (Å²) in [6.07, 6.45) is 4.40. The summed E-state index contributed by atoms with van der Waals surface area (Å²) in [6, 6.07) is 40.1. The molecule has 0 saturated heterocycles. The van der Waals surface area contributed by atoms with Crippen molar-refractivity contribution in [3.8, 4) is 11.5 Å². The van der Waals surface area contributed by atoms with Crippen LogP contribution >= 0.6 is 0 Å². The predicted molar refractivity (Wildman–Crippen MR) is 179 cm³/mol. The lowest BCUT2D eigenvalue weighted by Gasteiger charge is -2.19. The van der Waals surface area contributed by atoms with Crippen LogP contribution in [0.1, 0.15) is 36.1 Å². The first-order chi connectivity index (χ1) is 20.3. The van der Waals surface area contributed by atoms with Gasteiger partial charge in [0.2, 0.25) is 0 Å². The van der Waals surface area contributed by atoms with Crippen molar-refractivity contribution in [2.45, 2.75) is 13.8 Å². The summed E-state index contributed by atoms with van der Waals surface area (Å²) in [7, 11) is 3.99. The van der Waals surface area contributed by atoms with Gasteiger partial charge in [-0.25, -0.2) is 0 Å². The summed E-state index contributed by atoms with van der Waals surface area (Å²) in [5, 5.41) is 19.6. The van der Waals surface area contributed by atoms with Crippen LogP contribution < -0.4 is 9.80 Å². The topological polar surface area (TPSA) is 46.9 Å². The van der Waals surface area contributed by atoms with E-state index in [4.69, 9.17) is 0 Å². The molecule has 4 nitrogen and oxygen atoms in total. The summed E-state index contributed by atoms with van der Waals surface area (Å²) >= 11 is 0. The molecule has 0 amide bonds. The molecule has 0 unspecified atom stereocenters. The molecule has 4 heteroatoms. The molecule has 0 aliphatic heterocycles. The number of hydrogen-bond donors (Lipinski definition) is 2. The Morgan fingerprint density at radius 2 is 0.833 bits per heavy atom. The first-order valence-corrected chi connectivity index (χ1v) is 14.0. The minimum absolute atomic E-state index is 0.260. The van der Waals surface area contributed by atoms with Gasteiger partial charge in [0.25, 0.3) is 0 Å². The Labute approximate surface area is 248 Å². The second kappa shape index (κ2) is 12.5. The van der Waals surface area contributed by atoms with Gasteiger partial charge in [-0.05, 0) is 95.8 Å². The van der Waals surface area contributed by atoms with Crippen molar-refractivity contribution in [3.63, 3.8) is 0 Å². The molecule has 42 heavy (non-hydrogen) atoms. The number of phenols is 2. The second-order valence-corrected chi connectivity index (χ2v) is 10.6. The zero-order chi connectivity index (χ0) is 29.6. The third-order valence-corrected chi connectivity index (χ3v) is 7.56. The van der Waals surface area contributed by atoms with Crippen molar-refractivity contribution in [2.24, 2.45) is 0 Å². The van der Waals surface area contributed by atoms with E-state index >= 15 is 0 Å². The van der Waals surface area contributed by atoms with Crippen molar-refractivity contribution in [1.82, 2.24) is 0 Å². The molecule has 0 aliphatic rings. The van der Waals surface area contributed by atoms with Crippen molar-refractivity contribution in [2.75, 3.05) is 23.9 Å². The smallest absolute Gasteiger partial charge is 0.117 e. The van der Waals surface area contributed by atoms with E-state index < -0.39 is 0 Å². The van der Waals surface area contributed by atoms with E-state index in [2.05, 4.69) is 109 Å². The first kappa shape index (κ1) is 28.3. The number of rotatable bonds is 8. The molecule has 2 N–H and O–H groups in total. The SMILES string of the molecule is CC(=Cc1ccc(N(C)c2cccc(O)c2)cc1)c1ccc(C(C)=Cc2ccc(N(C)c3cccc(O)c3)cc2)cc1. The normalized spacial score (nSPS) is 11.8. The summed E-state index contributed by atoms with van der Waals surface area (Å²) in [5.41, 5.74) is 11.0. The van der Waals surface area contributed by atoms with Gasteiger partial charge in [-0.3, -0.25) is 0 Å². The van der Waals surface area contributed by atoms with Crippen LogP contribution in [-0.2, 0) is 0 Å².